The van der Waals surface area contributed by atoms with Crippen LogP contribution < -0.4 is 5.32 Å². The third kappa shape index (κ3) is 4.52. The van der Waals surface area contributed by atoms with Gasteiger partial charge in [-0.05, 0) is 19.3 Å². The summed E-state index contributed by atoms with van der Waals surface area (Å²) in [5.74, 6) is 0.392. The Kier molecular flexibility index (Phi) is 5.33. The lowest BCUT2D eigenvalue weighted by Crippen LogP contribution is -2.45. The van der Waals surface area contributed by atoms with Gasteiger partial charge in [-0.25, -0.2) is 4.98 Å². The Hall–Kier alpha value is -1.43. The highest BCUT2D eigenvalue weighted by atomic mass is 32.1. The number of nitrogens with zero attached hydrogens (tertiary/aromatic N) is 2. The third-order valence-corrected chi connectivity index (χ3v) is 4.39. The van der Waals surface area contributed by atoms with Gasteiger partial charge in [0.25, 0.3) is 0 Å². The summed E-state index contributed by atoms with van der Waals surface area (Å²) in [7, 11) is 0. The molecule has 2 amide bonds. The molecule has 0 aromatic carbocycles. The van der Waals surface area contributed by atoms with Crippen LogP contribution in [0.2, 0.25) is 0 Å². The van der Waals surface area contributed by atoms with Crippen molar-refractivity contribution in [3.8, 4) is 0 Å². The first kappa shape index (κ1) is 15.9. The summed E-state index contributed by atoms with van der Waals surface area (Å²) in [6, 6.07) is -0.378. The molecule has 1 atom stereocenters. The van der Waals surface area contributed by atoms with Gasteiger partial charge < -0.3 is 10.2 Å². The van der Waals surface area contributed by atoms with Gasteiger partial charge >= 0.3 is 0 Å². The first-order valence-electron chi connectivity index (χ1n) is 7.45. The highest BCUT2D eigenvalue weighted by Crippen LogP contribution is 2.14. The van der Waals surface area contributed by atoms with Gasteiger partial charge in [0, 0.05) is 31.3 Å². The topological polar surface area (TPSA) is 62.3 Å². The van der Waals surface area contributed by atoms with Crippen LogP contribution in [0.3, 0.4) is 0 Å². The largest absolute Gasteiger partial charge is 0.344 e. The minimum Gasteiger partial charge on any atom is -0.344 e. The standard InChI is InChI=1S/C15H23N3O2S/c1-10(2)8-13-15(20)18(7-5-14(19)17-13)6-4-12-9-21-11(3)16-12/h9-10,13H,4-8H2,1-3H3,(H,17,19). The van der Waals surface area contributed by atoms with Crippen molar-refractivity contribution in [1.29, 1.82) is 0 Å². The average Bonchev–Trinajstić information content (AvgIpc) is 2.77. The van der Waals surface area contributed by atoms with Crippen molar-refractivity contribution in [2.24, 2.45) is 5.92 Å². The third-order valence-electron chi connectivity index (χ3n) is 3.57. The van der Waals surface area contributed by atoms with Crippen LogP contribution in [0.1, 0.15) is 37.4 Å². The lowest BCUT2D eigenvalue weighted by atomic mass is 10.0. The van der Waals surface area contributed by atoms with Crippen molar-refractivity contribution in [2.45, 2.75) is 46.1 Å². The molecule has 1 aromatic rings. The molecule has 2 rings (SSSR count). The molecule has 6 heteroatoms. The smallest absolute Gasteiger partial charge is 0.245 e. The molecule has 1 aromatic heterocycles. The van der Waals surface area contributed by atoms with E-state index in [0.29, 0.717) is 31.8 Å². The summed E-state index contributed by atoms with van der Waals surface area (Å²) in [6.07, 6.45) is 1.83. The highest BCUT2D eigenvalue weighted by Gasteiger charge is 2.29. The van der Waals surface area contributed by atoms with E-state index in [1.807, 2.05) is 12.3 Å². The van der Waals surface area contributed by atoms with E-state index in [1.165, 1.54) is 0 Å². The summed E-state index contributed by atoms with van der Waals surface area (Å²) in [5, 5.41) is 5.93. The van der Waals surface area contributed by atoms with E-state index in [2.05, 4.69) is 24.1 Å². The number of rotatable bonds is 5. The van der Waals surface area contributed by atoms with Crippen molar-refractivity contribution in [1.82, 2.24) is 15.2 Å². The minimum atomic E-state index is -0.378. The van der Waals surface area contributed by atoms with Crippen molar-refractivity contribution < 1.29 is 9.59 Å². The Morgan fingerprint density at radius 1 is 1.48 bits per heavy atom. The van der Waals surface area contributed by atoms with Crippen LogP contribution in [-0.4, -0.2) is 40.8 Å². The van der Waals surface area contributed by atoms with E-state index in [9.17, 15) is 9.59 Å². The van der Waals surface area contributed by atoms with Crippen LogP contribution in [-0.2, 0) is 16.0 Å². The Bertz CT molecular complexity index is 513. The van der Waals surface area contributed by atoms with Gasteiger partial charge in [-0.1, -0.05) is 13.8 Å². The normalized spacial score (nSPS) is 19.8. The second-order valence-corrected chi connectivity index (χ2v) is 7.00. The molecular formula is C15H23N3O2S. The SMILES string of the molecule is Cc1nc(CCN2CCC(=O)NC(CC(C)C)C2=O)cs1. The molecule has 0 aliphatic carbocycles. The van der Waals surface area contributed by atoms with E-state index in [1.54, 1.807) is 16.2 Å². The predicted octanol–water partition coefficient (Wildman–Crippen LogP) is 1.76. The number of thiazole rings is 1. The number of aromatic nitrogens is 1. The molecule has 1 unspecified atom stereocenters. The number of carbonyl (C=O) groups excluding carboxylic acids is 2. The zero-order valence-corrected chi connectivity index (χ0v) is 13.7. The molecule has 0 spiro atoms. The maximum atomic E-state index is 12.5. The van der Waals surface area contributed by atoms with Gasteiger partial charge in [-0.3, -0.25) is 9.59 Å². The van der Waals surface area contributed by atoms with E-state index in [-0.39, 0.29) is 17.9 Å². The second-order valence-electron chi connectivity index (χ2n) is 5.93. The van der Waals surface area contributed by atoms with E-state index < -0.39 is 0 Å². The Morgan fingerprint density at radius 3 is 2.86 bits per heavy atom. The van der Waals surface area contributed by atoms with Crippen LogP contribution in [0, 0.1) is 12.8 Å². The number of carbonyl (C=O) groups is 2. The molecule has 5 nitrogen and oxygen atoms in total. The van der Waals surface area contributed by atoms with E-state index in [0.717, 1.165) is 17.1 Å². The summed E-state index contributed by atoms with van der Waals surface area (Å²) in [4.78, 5) is 30.5. The van der Waals surface area contributed by atoms with Gasteiger partial charge in [-0.2, -0.15) is 0 Å². The summed E-state index contributed by atoms with van der Waals surface area (Å²) < 4.78 is 0. The first-order valence-corrected chi connectivity index (χ1v) is 8.33. The number of hydrogen-bond acceptors (Lipinski definition) is 4. The lowest BCUT2D eigenvalue weighted by molar-refractivity contribution is -0.133. The number of hydrogen-bond donors (Lipinski definition) is 1. The highest BCUT2D eigenvalue weighted by molar-refractivity contribution is 7.09. The van der Waals surface area contributed by atoms with Gasteiger partial charge in [0.05, 0.1) is 10.7 Å². The number of aryl methyl sites for hydroxylation is 1. The average molecular weight is 309 g/mol. The minimum absolute atomic E-state index is 0.0268. The fourth-order valence-electron chi connectivity index (χ4n) is 2.52. The van der Waals surface area contributed by atoms with Gasteiger partial charge in [0.15, 0.2) is 0 Å². The molecule has 0 saturated carbocycles. The summed E-state index contributed by atoms with van der Waals surface area (Å²) in [5.41, 5.74) is 1.02. The Labute approximate surface area is 129 Å². The van der Waals surface area contributed by atoms with Gasteiger partial charge in [0.2, 0.25) is 11.8 Å². The first-order chi connectivity index (χ1) is 9.95. The van der Waals surface area contributed by atoms with Crippen molar-refractivity contribution in [3.05, 3.63) is 16.1 Å². The second kappa shape index (κ2) is 7.02. The van der Waals surface area contributed by atoms with Crippen LogP contribution >= 0.6 is 11.3 Å². The van der Waals surface area contributed by atoms with Gasteiger partial charge in [0.1, 0.15) is 6.04 Å². The zero-order valence-electron chi connectivity index (χ0n) is 12.9. The number of amides is 2. The fraction of sp³-hybridized carbons (Fsp3) is 0.667. The monoisotopic (exact) mass is 309 g/mol. The van der Waals surface area contributed by atoms with Crippen molar-refractivity contribution in [2.75, 3.05) is 13.1 Å². The molecular weight excluding hydrogens is 286 g/mol. The van der Waals surface area contributed by atoms with Crippen LogP contribution in [0.4, 0.5) is 0 Å². The molecule has 0 bridgehead atoms. The maximum Gasteiger partial charge on any atom is 0.245 e. The van der Waals surface area contributed by atoms with Crippen LogP contribution in [0.5, 0.6) is 0 Å². The molecule has 0 radical (unpaired) electrons. The van der Waals surface area contributed by atoms with E-state index in [4.69, 9.17) is 0 Å². The quantitative estimate of drug-likeness (QED) is 0.901. The zero-order chi connectivity index (χ0) is 15.4. The molecule has 21 heavy (non-hydrogen) atoms. The molecule has 1 fully saturated rings. The van der Waals surface area contributed by atoms with Gasteiger partial charge in [-0.15, -0.1) is 11.3 Å². The fourth-order valence-corrected chi connectivity index (χ4v) is 3.17. The van der Waals surface area contributed by atoms with Crippen LogP contribution in [0.15, 0.2) is 5.38 Å². The molecule has 1 aliphatic heterocycles. The Balaban J connectivity index is 1.99. The van der Waals surface area contributed by atoms with Crippen molar-refractivity contribution in [3.63, 3.8) is 0 Å². The molecule has 1 N–H and O–H groups in total. The molecule has 116 valence electrons. The molecule has 1 saturated heterocycles. The summed E-state index contributed by atoms with van der Waals surface area (Å²) >= 11 is 1.62. The van der Waals surface area contributed by atoms with Crippen LogP contribution in [0.25, 0.3) is 0 Å². The molecule has 1 aliphatic rings. The predicted molar refractivity (Wildman–Crippen MR) is 83.1 cm³/mol. The maximum absolute atomic E-state index is 12.5. The lowest BCUT2D eigenvalue weighted by Gasteiger charge is -2.24. The molecule has 2 heterocycles. The van der Waals surface area contributed by atoms with E-state index >= 15 is 0 Å². The Morgan fingerprint density at radius 2 is 2.24 bits per heavy atom. The van der Waals surface area contributed by atoms with Crippen molar-refractivity contribution >= 4 is 23.2 Å². The summed E-state index contributed by atoms with van der Waals surface area (Å²) in [6.45, 7) is 7.24. The number of nitrogens with one attached hydrogen (secondary N) is 1.